The Morgan fingerprint density at radius 3 is 1.32 bits per heavy atom. The summed E-state index contributed by atoms with van der Waals surface area (Å²) in [5, 5.41) is 5.76. The number of rotatable bonds is 12. The number of carbonyl (C=O) groups excluding carboxylic acids is 4. The van der Waals surface area contributed by atoms with Crippen molar-refractivity contribution in [1.29, 1.82) is 0 Å². The molecule has 0 unspecified atom stereocenters. The molecule has 0 radical (unpaired) electrons. The van der Waals surface area contributed by atoms with Gasteiger partial charge >= 0.3 is 23.9 Å². The maximum atomic E-state index is 11.6. The van der Waals surface area contributed by atoms with E-state index in [-0.39, 0.29) is 12.8 Å². The number of methoxy groups -OCH3 is 4. The Balaban J connectivity index is 4.32. The first kappa shape index (κ1) is 22.8. The first-order valence-electron chi connectivity index (χ1n) is 7.65. The third-order valence-electron chi connectivity index (χ3n) is 3.30. The second-order valence-corrected chi connectivity index (χ2v) is 4.97. The van der Waals surface area contributed by atoms with Crippen molar-refractivity contribution in [1.82, 2.24) is 10.6 Å². The highest BCUT2D eigenvalue weighted by Crippen LogP contribution is 1.99. The maximum absolute atomic E-state index is 11.6. The number of esters is 4. The normalized spacial score (nSPS) is 12.6. The van der Waals surface area contributed by atoms with Gasteiger partial charge in [0.15, 0.2) is 0 Å². The topological polar surface area (TPSA) is 129 Å². The van der Waals surface area contributed by atoms with E-state index in [9.17, 15) is 19.2 Å². The van der Waals surface area contributed by atoms with Crippen molar-refractivity contribution >= 4 is 23.9 Å². The fourth-order valence-corrected chi connectivity index (χ4v) is 1.90. The summed E-state index contributed by atoms with van der Waals surface area (Å²) in [6, 6.07) is -1.63. The Morgan fingerprint density at radius 2 is 1.04 bits per heavy atom. The van der Waals surface area contributed by atoms with Crippen LogP contribution >= 0.6 is 0 Å². The molecule has 0 saturated carbocycles. The lowest BCUT2D eigenvalue weighted by atomic mass is 10.2. The Kier molecular flexibility index (Phi) is 12.0. The first-order valence-corrected chi connectivity index (χ1v) is 7.65. The standard InChI is InChI=1S/C15H26N2O8/c1-22-12(18)8-10(14(20)24-3)16-6-5-7-17-11(15(21)25-4)9-13(19)23-2/h10-11,16-17H,5-9H2,1-4H3/t10-,11+. The number of hydrogen-bond donors (Lipinski definition) is 2. The van der Waals surface area contributed by atoms with Gasteiger partial charge in [-0.3, -0.25) is 19.2 Å². The molecule has 0 rings (SSSR count). The van der Waals surface area contributed by atoms with Gasteiger partial charge in [0, 0.05) is 0 Å². The second kappa shape index (κ2) is 13.1. The molecule has 0 amide bonds. The van der Waals surface area contributed by atoms with Crippen LogP contribution in [-0.4, -0.2) is 77.5 Å². The van der Waals surface area contributed by atoms with Crippen LogP contribution in [0, 0.1) is 0 Å². The SMILES string of the molecule is COC(=O)C[C@H](NCCCN[C@H](CC(=O)OC)C(=O)OC)C(=O)OC. The van der Waals surface area contributed by atoms with E-state index in [0.717, 1.165) is 0 Å². The summed E-state index contributed by atoms with van der Waals surface area (Å²) >= 11 is 0. The zero-order valence-electron chi connectivity index (χ0n) is 15.0. The van der Waals surface area contributed by atoms with Gasteiger partial charge in [-0.2, -0.15) is 0 Å². The first-order chi connectivity index (χ1) is 11.9. The minimum Gasteiger partial charge on any atom is -0.469 e. The van der Waals surface area contributed by atoms with Crippen LogP contribution in [0.5, 0.6) is 0 Å². The average molecular weight is 362 g/mol. The van der Waals surface area contributed by atoms with Gasteiger partial charge in [0.05, 0.1) is 41.3 Å². The van der Waals surface area contributed by atoms with Crippen molar-refractivity contribution in [3.05, 3.63) is 0 Å². The van der Waals surface area contributed by atoms with Crippen molar-refractivity contribution in [3.8, 4) is 0 Å². The molecule has 25 heavy (non-hydrogen) atoms. The van der Waals surface area contributed by atoms with Crippen LogP contribution in [0.4, 0.5) is 0 Å². The summed E-state index contributed by atoms with van der Waals surface area (Å²) in [7, 11) is 4.91. The number of carbonyl (C=O) groups is 4. The van der Waals surface area contributed by atoms with Gasteiger partial charge in [0.1, 0.15) is 12.1 Å². The Bertz CT molecular complexity index is 415. The molecule has 2 N–H and O–H groups in total. The molecular weight excluding hydrogens is 336 g/mol. The molecule has 0 saturated heterocycles. The maximum Gasteiger partial charge on any atom is 0.323 e. The van der Waals surface area contributed by atoms with E-state index in [2.05, 4.69) is 29.6 Å². The van der Waals surface area contributed by atoms with Crippen LogP contribution in [0.1, 0.15) is 19.3 Å². The minimum atomic E-state index is -0.816. The molecule has 10 heteroatoms. The zero-order valence-corrected chi connectivity index (χ0v) is 15.0. The predicted molar refractivity (Wildman–Crippen MR) is 85.5 cm³/mol. The van der Waals surface area contributed by atoms with Crippen molar-refractivity contribution < 1.29 is 38.1 Å². The summed E-state index contributed by atoms with van der Waals surface area (Å²) in [6.45, 7) is 0.742. The van der Waals surface area contributed by atoms with Crippen LogP contribution in [0.3, 0.4) is 0 Å². The zero-order chi connectivity index (χ0) is 19.2. The Labute approximate surface area is 146 Å². The summed E-state index contributed by atoms with van der Waals surface area (Å²) < 4.78 is 18.3. The largest absolute Gasteiger partial charge is 0.469 e. The smallest absolute Gasteiger partial charge is 0.323 e. The quantitative estimate of drug-likeness (QED) is 0.247. The van der Waals surface area contributed by atoms with Crippen molar-refractivity contribution in [2.75, 3.05) is 41.5 Å². The van der Waals surface area contributed by atoms with Gasteiger partial charge in [-0.1, -0.05) is 0 Å². The molecule has 0 heterocycles. The molecule has 10 nitrogen and oxygen atoms in total. The molecule has 0 aliphatic carbocycles. The van der Waals surface area contributed by atoms with Gasteiger partial charge in [0.2, 0.25) is 0 Å². The molecule has 0 spiro atoms. The summed E-state index contributed by atoms with van der Waals surface area (Å²) in [6.07, 6.45) is 0.219. The number of ether oxygens (including phenoxy) is 4. The third kappa shape index (κ3) is 9.62. The van der Waals surface area contributed by atoms with Crippen molar-refractivity contribution in [2.24, 2.45) is 0 Å². The number of hydrogen-bond acceptors (Lipinski definition) is 10. The molecule has 0 aromatic heterocycles. The third-order valence-corrected chi connectivity index (χ3v) is 3.30. The van der Waals surface area contributed by atoms with E-state index < -0.39 is 36.0 Å². The van der Waals surface area contributed by atoms with E-state index >= 15 is 0 Å². The molecule has 2 atom stereocenters. The highest BCUT2D eigenvalue weighted by molar-refractivity contribution is 5.83. The van der Waals surface area contributed by atoms with Crippen LogP contribution < -0.4 is 10.6 Å². The summed E-state index contributed by atoms with van der Waals surface area (Å²) in [4.78, 5) is 45.8. The van der Waals surface area contributed by atoms with Crippen molar-refractivity contribution in [2.45, 2.75) is 31.3 Å². The van der Waals surface area contributed by atoms with E-state index in [0.29, 0.717) is 19.5 Å². The lowest BCUT2D eigenvalue weighted by molar-refractivity contribution is -0.149. The molecular formula is C15H26N2O8. The number of nitrogens with one attached hydrogen (secondary N) is 2. The minimum absolute atomic E-state index is 0.149. The lowest BCUT2D eigenvalue weighted by Gasteiger charge is -2.17. The van der Waals surface area contributed by atoms with Gasteiger partial charge in [0.25, 0.3) is 0 Å². The van der Waals surface area contributed by atoms with Crippen LogP contribution in [0.2, 0.25) is 0 Å². The van der Waals surface area contributed by atoms with E-state index in [1.807, 2.05) is 0 Å². The van der Waals surface area contributed by atoms with E-state index in [1.54, 1.807) is 0 Å². The second-order valence-electron chi connectivity index (χ2n) is 4.97. The molecule has 0 aromatic rings. The van der Waals surface area contributed by atoms with Gasteiger partial charge < -0.3 is 29.6 Å². The summed E-state index contributed by atoms with van der Waals surface area (Å²) in [5.74, 6) is -2.22. The van der Waals surface area contributed by atoms with Gasteiger partial charge in [-0.15, -0.1) is 0 Å². The Hall–Kier alpha value is -2.20. The Morgan fingerprint density at radius 1 is 0.680 bits per heavy atom. The van der Waals surface area contributed by atoms with E-state index in [4.69, 9.17) is 0 Å². The van der Waals surface area contributed by atoms with Gasteiger partial charge in [-0.25, -0.2) is 0 Å². The highest BCUT2D eigenvalue weighted by Gasteiger charge is 2.24. The molecule has 0 aliphatic rings. The molecule has 0 bridgehead atoms. The fraction of sp³-hybridized carbons (Fsp3) is 0.733. The van der Waals surface area contributed by atoms with Crippen molar-refractivity contribution in [3.63, 3.8) is 0 Å². The van der Waals surface area contributed by atoms with E-state index in [1.165, 1.54) is 28.4 Å². The lowest BCUT2D eigenvalue weighted by Crippen LogP contribution is -2.43. The van der Waals surface area contributed by atoms with Gasteiger partial charge in [-0.05, 0) is 19.5 Å². The van der Waals surface area contributed by atoms with Crippen LogP contribution in [0.25, 0.3) is 0 Å². The average Bonchev–Trinajstić information content (AvgIpc) is 2.63. The van der Waals surface area contributed by atoms with Crippen LogP contribution in [-0.2, 0) is 38.1 Å². The molecule has 144 valence electrons. The molecule has 0 aromatic carbocycles. The molecule has 0 fully saturated rings. The fourth-order valence-electron chi connectivity index (χ4n) is 1.90. The van der Waals surface area contributed by atoms with Crippen LogP contribution in [0.15, 0.2) is 0 Å². The highest BCUT2D eigenvalue weighted by atomic mass is 16.5. The molecule has 0 aliphatic heterocycles. The summed E-state index contributed by atoms with van der Waals surface area (Å²) in [5.41, 5.74) is 0. The predicted octanol–water partition coefficient (Wildman–Crippen LogP) is -1.23. The monoisotopic (exact) mass is 362 g/mol.